The third-order valence-electron chi connectivity index (χ3n) is 6.33. The monoisotopic (exact) mass is 553 g/mol. The minimum absolute atomic E-state index is 0.0315. The maximum atomic E-state index is 13.7. The van der Waals surface area contributed by atoms with Crippen molar-refractivity contribution in [1.82, 2.24) is 10.2 Å². The zero-order chi connectivity index (χ0) is 28.4. The molecule has 2 amide bonds. The summed E-state index contributed by atoms with van der Waals surface area (Å²) in [5, 5.41) is 2.84. The first kappa shape index (κ1) is 29.8. The van der Waals surface area contributed by atoms with E-state index >= 15 is 0 Å². The smallest absolute Gasteiger partial charge is 0.243 e. The molecular weight excluding hydrogens is 517 g/mol. The van der Waals surface area contributed by atoms with Crippen molar-refractivity contribution in [2.45, 2.75) is 45.7 Å². The van der Waals surface area contributed by atoms with E-state index in [1.165, 1.54) is 21.3 Å². The van der Waals surface area contributed by atoms with Crippen molar-refractivity contribution in [2.24, 2.45) is 0 Å². The summed E-state index contributed by atoms with van der Waals surface area (Å²) in [6, 6.07) is 21.7. The third-order valence-corrected chi connectivity index (χ3v) is 7.52. The molecule has 7 nitrogen and oxygen atoms in total. The summed E-state index contributed by atoms with van der Waals surface area (Å²) in [5.74, 6) is -0.961. The minimum Gasteiger partial charge on any atom is -0.355 e. The Morgan fingerprint density at radius 1 is 0.949 bits per heavy atom. The fourth-order valence-corrected chi connectivity index (χ4v) is 5.38. The molecule has 39 heavy (non-hydrogen) atoms. The van der Waals surface area contributed by atoms with Gasteiger partial charge in [0.05, 0.1) is 11.9 Å². The molecule has 0 spiro atoms. The SMILES string of the molecule is CCNC(=O)[C@H](Cc1ccccc1)N(Cc1ccc(F)cc1)C(=O)CCCN(c1cccc(C)c1)S(C)(=O)=O. The van der Waals surface area contributed by atoms with Gasteiger partial charge in [0.25, 0.3) is 0 Å². The summed E-state index contributed by atoms with van der Waals surface area (Å²) in [6.45, 7) is 4.33. The third kappa shape index (κ3) is 8.92. The van der Waals surface area contributed by atoms with E-state index in [0.29, 0.717) is 24.2 Å². The van der Waals surface area contributed by atoms with E-state index in [2.05, 4.69) is 5.32 Å². The van der Waals surface area contributed by atoms with Crippen LogP contribution in [-0.4, -0.2) is 50.5 Å². The molecule has 3 rings (SSSR count). The number of anilines is 1. The fourth-order valence-electron chi connectivity index (χ4n) is 4.42. The number of rotatable bonds is 13. The summed E-state index contributed by atoms with van der Waals surface area (Å²) in [7, 11) is -3.57. The van der Waals surface area contributed by atoms with Gasteiger partial charge in [0.2, 0.25) is 21.8 Å². The van der Waals surface area contributed by atoms with Crippen molar-refractivity contribution in [2.75, 3.05) is 23.7 Å². The van der Waals surface area contributed by atoms with Gasteiger partial charge in [0.1, 0.15) is 11.9 Å². The molecule has 0 heterocycles. The van der Waals surface area contributed by atoms with Crippen LogP contribution in [0, 0.1) is 12.7 Å². The van der Waals surface area contributed by atoms with Gasteiger partial charge in [-0.15, -0.1) is 0 Å². The molecule has 0 aliphatic heterocycles. The Kier molecular flexibility index (Phi) is 10.6. The topological polar surface area (TPSA) is 86.8 Å². The van der Waals surface area contributed by atoms with Gasteiger partial charge >= 0.3 is 0 Å². The van der Waals surface area contributed by atoms with Crippen LogP contribution in [0.2, 0.25) is 0 Å². The molecule has 3 aromatic carbocycles. The molecule has 9 heteroatoms. The second-order valence-electron chi connectivity index (χ2n) is 9.53. The maximum Gasteiger partial charge on any atom is 0.243 e. The number of aryl methyl sites for hydroxylation is 1. The quantitative estimate of drug-likeness (QED) is 0.339. The van der Waals surface area contributed by atoms with E-state index in [9.17, 15) is 22.4 Å². The largest absolute Gasteiger partial charge is 0.355 e. The Labute approximate surface area is 230 Å². The van der Waals surface area contributed by atoms with Crippen LogP contribution >= 0.6 is 0 Å². The summed E-state index contributed by atoms with van der Waals surface area (Å²) in [6.07, 6.45) is 1.73. The number of carbonyl (C=O) groups excluding carboxylic acids is 2. The zero-order valence-electron chi connectivity index (χ0n) is 22.6. The fraction of sp³-hybridized carbons (Fsp3) is 0.333. The average molecular weight is 554 g/mol. The highest BCUT2D eigenvalue weighted by molar-refractivity contribution is 7.92. The molecule has 0 aliphatic rings. The van der Waals surface area contributed by atoms with Crippen LogP contribution in [0.4, 0.5) is 10.1 Å². The maximum absolute atomic E-state index is 13.7. The second-order valence-corrected chi connectivity index (χ2v) is 11.4. The highest BCUT2D eigenvalue weighted by Crippen LogP contribution is 2.21. The van der Waals surface area contributed by atoms with Crippen molar-refractivity contribution in [3.05, 3.63) is 101 Å². The Balaban J connectivity index is 1.85. The zero-order valence-corrected chi connectivity index (χ0v) is 23.5. The first-order valence-electron chi connectivity index (χ1n) is 13.0. The van der Waals surface area contributed by atoms with Crippen molar-refractivity contribution < 1.29 is 22.4 Å². The molecule has 1 N–H and O–H groups in total. The lowest BCUT2D eigenvalue weighted by Crippen LogP contribution is -2.50. The van der Waals surface area contributed by atoms with Gasteiger partial charge in [-0.1, -0.05) is 54.6 Å². The van der Waals surface area contributed by atoms with E-state index in [4.69, 9.17) is 0 Å². The number of hydrogen-bond donors (Lipinski definition) is 1. The molecule has 0 radical (unpaired) electrons. The molecule has 3 aromatic rings. The predicted octanol–water partition coefficient (Wildman–Crippen LogP) is 4.46. The minimum atomic E-state index is -3.57. The Hall–Kier alpha value is -3.72. The number of amides is 2. The van der Waals surface area contributed by atoms with E-state index in [1.54, 1.807) is 30.3 Å². The molecule has 0 aliphatic carbocycles. The number of benzene rings is 3. The number of hydrogen-bond acceptors (Lipinski definition) is 4. The van der Waals surface area contributed by atoms with Crippen LogP contribution in [0.1, 0.15) is 36.5 Å². The van der Waals surface area contributed by atoms with E-state index in [-0.39, 0.29) is 37.7 Å². The number of nitrogens with zero attached hydrogens (tertiary/aromatic N) is 2. The molecule has 0 saturated heterocycles. The van der Waals surface area contributed by atoms with Gasteiger partial charge in [-0.2, -0.15) is 0 Å². The van der Waals surface area contributed by atoms with Crippen molar-refractivity contribution >= 4 is 27.5 Å². The van der Waals surface area contributed by atoms with Crippen LogP contribution < -0.4 is 9.62 Å². The summed E-state index contributed by atoms with van der Waals surface area (Å²) < 4.78 is 39.9. The average Bonchev–Trinajstić information content (AvgIpc) is 2.89. The van der Waals surface area contributed by atoms with Crippen LogP contribution in [0.25, 0.3) is 0 Å². The van der Waals surface area contributed by atoms with Gasteiger partial charge < -0.3 is 10.2 Å². The second kappa shape index (κ2) is 13.9. The van der Waals surface area contributed by atoms with Crippen LogP contribution in [0.5, 0.6) is 0 Å². The summed E-state index contributed by atoms with van der Waals surface area (Å²) >= 11 is 0. The molecule has 0 saturated carbocycles. The Morgan fingerprint density at radius 3 is 2.26 bits per heavy atom. The highest BCUT2D eigenvalue weighted by atomic mass is 32.2. The van der Waals surface area contributed by atoms with Crippen molar-refractivity contribution in [3.63, 3.8) is 0 Å². The van der Waals surface area contributed by atoms with Gasteiger partial charge in [0, 0.05) is 32.5 Å². The van der Waals surface area contributed by atoms with Crippen molar-refractivity contribution in [1.29, 1.82) is 0 Å². The highest BCUT2D eigenvalue weighted by Gasteiger charge is 2.30. The van der Waals surface area contributed by atoms with Gasteiger partial charge in [-0.05, 0) is 61.2 Å². The summed E-state index contributed by atoms with van der Waals surface area (Å²) in [5.41, 5.74) is 3.05. The molecule has 0 unspecified atom stereocenters. The molecule has 208 valence electrons. The van der Waals surface area contributed by atoms with Gasteiger partial charge in [-0.3, -0.25) is 13.9 Å². The molecule has 0 fully saturated rings. The molecule has 1 atom stereocenters. The van der Waals surface area contributed by atoms with Crippen molar-refractivity contribution in [3.8, 4) is 0 Å². The number of nitrogens with one attached hydrogen (secondary N) is 1. The number of likely N-dealkylation sites (N-methyl/N-ethyl adjacent to an activating group) is 1. The standard InChI is InChI=1S/C30H36FN3O4S/c1-4-32-30(36)28(21-24-11-6-5-7-12-24)33(22-25-15-17-26(31)18-16-25)29(35)14-9-19-34(39(3,37)38)27-13-8-10-23(2)20-27/h5-8,10-13,15-18,20,28H,4,9,14,19,21-22H2,1-3H3,(H,32,36)/t28-/m0/s1. The lowest BCUT2D eigenvalue weighted by molar-refractivity contribution is -0.141. The van der Waals surface area contributed by atoms with Crippen LogP contribution in [0.15, 0.2) is 78.9 Å². The Morgan fingerprint density at radius 2 is 1.64 bits per heavy atom. The van der Waals surface area contributed by atoms with E-state index in [1.807, 2.05) is 50.2 Å². The van der Waals surface area contributed by atoms with Gasteiger partial charge in [0.15, 0.2) is 0 Å². The number of sulfonamides is 1. The van der Waals surface area contributed by atoms with E-state index in [0.717, 1.165) is 17.4 Å². The number of carbonyl (C=O) groups is 2. The van der Waals surface area contributed by atoms with Crippen LogP contribution in [-0.2, 0) is 32.6 Å². The molecule has 0 bridgehead atoms. The van der Waals surface area contributed by atoms with Gasteiger partial charge in [-0.25, -0.2) is 12.8 Å². The number of halogens is 1. The molecule has 0 aromatic heterocycles. The predicted molar refractivity (Wildman–Crippen MR) is 152 cm³/mol. The van der Waals surface area contributed by atoms with E-state index < -0.39 is 21.9 Å². The normalized spacial score (nSPS) is 12.0. The molecular formula is C30H36FN3O4S. The van der Waals surface area contributed by atoms with Crippen LogP contribution in [0.3, 0.4) is 0 Å². The summed E-state index contributed by atoms with van der Waals surface area (Å²) in [4.78, 5) is 28.4. The first-order chi connectivity index (χ1) is 18.6. The first-order valence-corrected chi connectivity index (χ1v) is 14.8. The lowest BCUT2D eigenvalue weighted by Gasteiger charge is -2.32. The Bertz CT molecular complexity index is 1350. The lowest BCUT2D eigenvalue weighted by atomic mass is 10.0.